The van der Waals surface area contributed by atoms with Crippen LogP contribution in [0.5, 0.6) is 11.5 Å². The molecule has 0 saturated heterocycles. The number of rotatable bonds is 6. The van der Waals surface area contributed by atoms with Crippen molar-refractivity contribution in [1.82, 2.24) is 0 Å². The van der Waals surface area contributed by atoms with Crippen LogP contribution in [-0.2, 0) is 9.59 Å². The normalized spacial score (nSPS) is 13.6. The van der Waals surface area contributed by atoms with Gasteiger partial charge in [-0.05, 0) is 36.8 Å². The monoisotopic (exact) mass is 414 g/mol. The number of carbonyl (C=O) groups is 2. The molecule has 4 rings (SSSR count). The van der Waals surface area contributed by atoms with Gasteiger partial charge in [0.1, 0.15) is 17.2 Å². The number of methoxy groups -OCH3 is 2. The Morgan fingerprint density at radius 1 is 0.742 bits per heavy atom. The summed E-state index contributed by atoms with van der Waals surface area (Å²) < 4.78 is 10.8. The van der Waals surface area contributed by atoms with E-state index in [0.717, 1.165) is 10.5 Å². The van der Waals surface area contributed by atoms with Crippen molar-refractivity contribution in [3.63, 3.8) is 0 Å². The second-order valence-electron chi connectivity index (χ2n) is 7.06. The molecule has 0 spiro atoms. The average molecular weight is 414 g/mol. The Kier molecular flexibility index (Phi) is 5.45. The highest BCUT2D eigenvalue weighted by Crippen LogP contribution is 2.38. The molecule has 0 aromatic heterocycles. The lowest BCUT2D eigenvalue weighted by Crippen LogP contribution is -2.32. The van der Waals surface area contributed by atoms with E-state index in [0.29, 0.717) is 34.0 Å². The number of carbonyl (C=O) groups excluding carboxylic acids is 2. The lowest BCUT2D eigenvalue weighted by Gasteiger charge is -2.18. The number of imide groups is 1. The molecule has 1 aliphatic rings. The van der Waals surface area contributed by atoms with Gasteiger partial charge in [0.15, 0.2) is 0 Å². The van der Waals surface area contributed by atoms with Gasteiger partial charge in [0.2, 0.25) is 0 Å². The van der Waals surface area contributed by atoms with Crippen LogP contribution in [0.2, 0.25) is 0 Å². The average Bonchev–Trinajstić information content (AvgIpc) is 3.04. The minimum Gasteiger partial charge on any atom is -0.495 e. The van der Waals surface area contributed by atoms with Crippen LogP contribution in [0.4, 0.5) is 11.4 Å². The zero-order valence-electron chi connectivity index (χ0n) is 17.5. The quantitative estimate of drug-likeness (QED) is 0.605. The second-order valence-corrected chi connectivity index (χ2v) is 7.06. The van der Waals surface area contributed by atoms with Crippen molar-refractivity contribution in [3.05, 3.63) is 89.6 Å². The van der Waals surface area contributed by atoms with E-state index in [-0.39, 0.29) is 5.70 Å². The molecule has 1 N–H and O–H groups in total. The first kappa shape index (κ1) is 20.2. The number of aryl methyl sites for hydroxylation is 1. The fourth-order valence-corrected chi connectivity index (χ4v) is 3.55. The van der Waals surface area contributed by atoms with Crippen molar-refractivity contribution in [3.8, 4) is 11.5 Å². The van der Waals surface area contributed by atoms with Gasteiger partial charge < -0.3 is 14.8 Å². The van der Waals surface area contributed by atoms with Crippen LogP contribution in [0.15, 0.2) is 78.5 Å². The molecule has 2 amide bonds. The molecule has 0 saturated carbocycles. The molecule has 0 bridgehead atoms. The maximum atomic E-state index is 13.5. The summed E-state index contributed by atoms with van der Waals surface area (Å²) in [4.78, 5) is 28.2. The Morgan fingerprint density at radius 2 is 1.35 bits per heavy atom. The first-order valence-electron chi connectivity index (χ1n) is 9.78. The summed E-state index contributed by atoms with van der Waals surface area (Å²) >= 11 is 0. The van der Waals surface area contributed by atoms with Gasteiger partial charge in [-0.15, -0.1) is 0 Å². The molecular weight excluding hydrogens is 392 g/mol. The van der Waals surface area contributed by atoms with Crippen molar-refractivity contribution in [1.29, 1.82) is 0 Å². The van der Waals surface area contributed by atoms with Crippen LogP contribution in [0.1, 0.15) is 11.1 Å². The second kappa shape index (κ2) is 8.36. The molecular formula is C25H22N2O4. The van der Waals surface area contributed by atoms with E-state index in [1.165, 1.54) is 7.11 Å². The number of hydrogen-bond acceptors (Lipinski definition) is 5. The Morgan fingerprint density at radius 3 is 2.03 bits per heavy atom. The Hall–Kier alpha value is -4.06. The SMILES string of the molecule is COc1ccccc1NC1=C(c2ccc(C)cc2)C(=O)N(c2ccccc2OC)C1=O. The lowest BCUT2D eigenvalue weighted by atomic mass is 10.0. The highest BCUT2D eigenvalue weighted by Gasteiger charge is 2.41. The van der Waals surface area contributed by atoms with Crippen molar-refractivity contribution in [2.24, 2.45) is 0 Å². The molecule has 3 aromatic carbocycles. The van der Waals surface area contributed by atoms with E-state index >= 15 is 0 Å². The first-order chi connectivity index (χ1) is 15.0. The Labute approximate surface area is 180 Å². The van der Waals surface area contributed by atoms with Gasteiger partial charge in [0.05, 0.1) is 31.2 Å². The van der Waals surface area contributed by atoms with E-state index in [9.17, 15) is 9.59 Å². The highest BCUT2D eigenvalue weighted by atomic mass is 16.5. The summed E-state index contributed by atoms with van der Waals surface area (Å²) in [6.45, 7) is 1.97. The zero-order chi connectivity index (χ0) is 22.0. The smallest absolute Gasteiger partial charge is 0.282 e. The number of ether oxygens (including phenoxy) is 2. The van der Waals surface area contributed by atoms with Crippen molar-refractivity contribution in [2.45, 2.75) is 6.92 Å². The van der Waals surface area contributed by atoms with Gasteiger partial charge in [-0.1, -0.05) is 54.1 Å². The summed E-state index contributed by atoms with van der Waals surface area (Å²) in [5.41, 5.74) is 3.17. The summed E-state index contributed by atoms with van der Waals surface area (Å²) in [7, 11) is 3.06. The number of hydrogen-bond donors (Lipinski definition) is 1. The standard InChI is InChI=1S/C25H22N2O4/c1-16-12-14-17(15-13-16)22-23(26-18-8-4-6-10-20(18)30-2)25(29)27(24(22)28)19-9-5-7-11-21(19)31-3/h4-15,26H,1-3H3. The van der Waals surface area contributed by atoms with E-state index < -0.39 is 11.8 Å². The minimum atomic E-state index is -0.462. The Bertz CT molecular complexity index is 1180. The fraction of sp³-hybridized carbons (Fsp3) is 0.120. The van der Waals surface area contributed by atoms with Crippen molar-refractivity contribution >= 4 is 28.8 Å². The number of benzene rings is 3. The van der Waals surface area contributed by atoms with Crippen LogP contribution < -0.4 is 19.7 Å². The van der Waals surface area contributed by atoms with Gasteiger partial charge >= 0.3 is 0 Å². The van der Waals surface area contributed by atoms with E-state index in [1.54, 1.807) is 43.5 Å². The molecule has 0 aliphatic carbocycles. The zero-order valence-corrected chi connectivity index (χ0v) is 17.5. The van der Waals surface area contributed by atoms with Gasteiger partial charge in [0.25, 0.3) is 11.8 Å². The van der Waals surface area contributed by atoms with Crippen LogP contribution in [0, 0.1) is 6.92 Å². The third-order valence-corrected chi connectivity index (χ3v) is 5.12. The summed E-state index contributed by atoms with van der Waals surface area (Å²) in [6, 6.07) is 21.7. The van der Waals surface area contributed by atoms with Crippen LogP contribution in [-0.4, -0.2) is 26.0 Å². The highest BCUT2D eigenvalue weighted by molar-refractivity contribution is 6.46. The number of nitrogens with one attached hydrogen (secondary N) is 1. The molecule has 0 fully saturated rings. The lowest BCUT2D eigenvalue weighted by molar-refractivity contribution is -0.120. The molecule has 1 heterocycles. The van der Waals surface area contributed by atoms with E-state index in [4.69, 9.17) is 9.47 Å². The largest absolute Gasteiger partial charge is 0.495 e. The third-order valence-electron chi connectivity index (χ3n) is 5.12. The molecule has 3 aromatic rings. The van der Waals surface area contributed by atoms with Crippen molar-refractivity contribution in [2.75, 3.05) is 24.4 Å². The summed E-state index contributed by atoms with van der Waals surface area (Å²) in [5, 5.41) is 3.14. The molecule has 156 valence electrons. The Balaban J connectivity index is 1.86. The number of nitrogens with zero attached hydrogens (tertiary/aromatic N) is 1. The first-order valence-corrected chi connectivity index (χ1v) is 9.78. The predicted molar refractivity (Wildman–Crippen MR) is 120 cm³/mol. The molecule has 0 unspecified atom stereocenters. The molecule has 6 nitrogen and oxygen atoms in total. The summed E-state index contributed by atoms with van der Waals surface area (Å²) in [6.07, 6.45) is 0. The van der Waals surface area contributed by atoms with Crippen molar-refractivity contribution < 1.29 is 19.1 Å². The molecule has 0 radical (unpaired) electrons. The number of amides is 2. The van der Waals surface area contributed by atoms with E-state index in [1.807, 2.05) is 43.3 Å². The van der Waals surface area contributed by atoms with E-state index in [2.05, 4.69) is 5.32 Å². The third kappa shape index (κ3) is 3.64. The topological polar surface area (TPSA) is 67.9 Å². The van der Waals surface area contributed by atoms with Crippen LogP contribution in [0.3, 0.4) is 0 Å². The molecule has 31 heavy (non-hydrogen) atoms. The predicted octanol–water partition coefficient (Wildman–Crippen LogP) is 4.41. The van der Waals surface area contributed by atoms with Gasteiger partial charge in [0, 0.05) is 0 Å². The minimum absolute atomic E-state index is 0.184. The van der Waals surface area contributed by atoms with Gasteiger partial charge in [-0.25, -0.2) is 4.90 Å². The maximum absolute atomic E-state index is 13.5. The summed E-state index contributed by atoms with van der Waals surface area (Å²) in [5.74, 6) is 0.118. The molecule has 6 heteroatoms. The molecule has 0 atom stereocenters. The number of anilines is 2. The van der Waals surface area contributed by atoms with Crippen LogP contribution in [0.25, 0.3) is 5.57 Å². The van der Waals surface area contributed by atoms with Gasteiger partial charge in [-0.3, -0.25) is 9.59 Å². The van der Waals surface area contributed by atoms with Crippen LogP contribution >= 0.6 is 0 Å². The number of para-hydroxylation sites is 4. The maximum Gasteiger partial charge on any atom is 0.282 e. The molecule has 1 aliphatic heterocycles. The fourth-order valence-electron chi connectivity index (χ4n) is 3.55. The van der Waals surface area contributed by atoms with Gasteiger partial charge in [-0.2, -0.15) is 0 Å².